The lowest BCUT2D eigenvalue weighted by Crippen LogP contribution is -2.69. The first-order valence-corrected chi connectivity index (χ1v) is 14.9. The van der Waals surface area contributed by atoms with Crippen molar-refractivity contribution < 1.29 is 9.22 Å². The fraction of sp³-hybridized carbons (Fsp3) is 0.370. The molecule has 7 heteroatoms. The standard InChI is InChI=1S/C27H33N3O2SSi/c1-19(31)24-18-28-26(33-5)30-25(24)29-20-16-21(17-20)32-34(27(2,3)4,22-12-8-6-9-13-22)23-14-10-7-11-15-23/h6-15,18,20-21H,16-17H2,1-5H3,(H,28,29,30). The molecule has 0 atom stereocenters. The summed E-state index contributed by atoms with van der Waals surface area (Å²) in [6.45, 7) is 8.46. The lowest BCUT2D eigenvalue weighted by Gasteiger charge is -2.48. The van der Waals surface area contributed by atoms with Gasteiger partial charge in [-0.15, -0.1) is 0 Å². The van der Waals surface area contributed by atoms with Crippen molar-refractivity contribution in [2.45, 2.75) is 62.9 Å². The fourth-order valence-electron chi connectivity index (χ4n) is 4.75. The number of benzene rings is 2. The number of hydrogen-bond donors (Lipinski definition) is 1. The number of nitrogens with one attached hydrogen (secondary N) is 1. The molecule has 3 aromatic rings. The fourth-order valence-corrected chi connectivity index (χ4v) is 9.79. The Balaban J connectivity index is 1.58. The molecule has 0 saturated heterocycles. The largest absolute Gasteiger partial charge is 0.404 e. The van der Waals surface area contributed by atoms with Crippen molar-refractivity contribution in [3.05, 3.63) is 72.4 Å². The molecule has 0 bridgehead atoms. The number of hydrogen-bond acceptors (Lipinski definition) is 6. The van der Waals surface area contributed by atoms with Crippen molar-refractivity contribution in [2.24, 2.45) is 0 Å². The summed E-state index contributed by atoms with van der Waals surface area (Å²) in [6.07, 6.45) is 5.45. The summed E-state index contributed by atoms with van der Waals surface area (Å²) in [5.74, 6) is 0.593. The van der Waals surface area contributed by atoms with Gasteiger partial charge in [-0.25, -0.2) is 9.97 Å². The molecule has 1 aliphatic rings. The van der Waals surface area contributed by atoms with Crippen molar-refractivity contribution in [1.29, 1.82) is 0 Å². The summed E-state index contributed by atoms with van der Waals surface area (Å²) >= 11 is 1.47. The van der Waals surface area contributed by atoms with Crippen LogP contribution in [0.4, 0.5) is 5.82 Å². The Kier molecular flexibility index (Phi) is 7.26. The van der Waals surface area contributed by atoms with Gasteiger partial charge in [0.15, 0.2) is 10.9 Å². The van der Waals surface area contributed by atoms with Crippen LogP contribution in [0.25, 0.3) is 0 Å². The molecule has 5 nitrogen and oxygen atoms in total. The predicted molar refractivity (Wildman–Crippen MR) is 143 cm³/mol. The van der Waals surface area contributed by atoms with Gasteiger partial charge in [-0.05, 0) is 41.4 Å². The topological polar surface area (TPSA) is 64.1 Å². The molecule has 1 aromatic heterocycles. The van der Waals surface area contributed by atoms with Gasteiger partial charge in [0.05, 0.1) is 5.56 Å². The van der Waals surface area contributed by atoms with Gasteiger partial charge in [-0.2, -0.15) is 0 Å². The van der Waals surface area contributed by atoms with Crippen LogP contribution in [0.3, 0.4) is 0 Å². The van der Waals surface area contributed by atoms with E-state index in [9.17, 15) is 4.79 Å². The minimum Gasteiger partial charge on any atom is -0.404 e. The molecule has 178 valence electrons. The van der Waals surface area contributed by atoms with Gasteiger partial charge < -0.3 is 9.74 Å². The van der Waals surface area contributed by atoms with Gasteiger partial charge in [-0.1, -0.05) is 93.2 Å². The molecule has 0 amide bonds. The van der Waals surface area contributed by atoms with Gasteiger partial charge in [0.2, 0.25) is 0 Å². The zero-order valence-corrected chi connectivity index (χ0v) is 22.4. The molecule has 0 unspecified atom stereocenters. The number of carbonyl (C=O) groups excluding carboxylic acids is 1. The molecule has 4 rings (SSSR count). The molecule has 1 heterocycles. The Bertz CT molecular complexity index is 1090. The number of carbonyl (C=O) groups is 1. The first-order valence-electron chi connectivity index (χ1n) is 11.7. The second kappa shape index (κ2) is 10.0. The lowest BCUT2D eigenvalue weighted by atomic mass is 9.89. The minimum atomic E-state index is -2.56. The second-order valence-electron chi connectivity index (χ2n) is 9.89. The van der Waals surface area contributed by atoms with Crippen LogP contribution in [0, 0.1) is 0 Å². The highest BCUT2D eigenvalue weighted by Crippen LogP contribution is 2.40. The Labute approximate surface area is 207 Å². The Hall–Kier alpha value is -2.48. The molecule has 1 aliphatic carbocycles. The SMILES string of the molecule is CSc1ncc(C(C)=O)c(NC2CC(O[Si](c3ccccc3)(c3ccccc3)C(C)(C)C)C2)n1. The smallest absolute Gasteiger partial charge is 0.261 e. The Morgan fingerprint density at radius 3 is 2.06 bits per heavy atom. The monoisotopic (exact) mass is 491 g/mol. The Morgan fingerprint density at radius 2 is 1.59 bits per heavy atom. The highest BCUT2D eigenvalue weighted by Gasteiger charge is 2.52. The third kappa shape index (κ3) is 4.83. The van der Waals surface area contributed by atoms with E-state index in [-0.39, 0.29) is 23.0 Å². The van der Waals surface area contributed by atoms with Crippen molar-refractivity contribution in [1.82, 2.24) is 9.97 Å². The maximum Gasteiger partial charge on any atom is 0.261 e. The number of nitrogens with zero attached hydrogens (tertiary/aromatic N) is 2. The van der Waals surface area contributed by atoms with Crippen LogP contribution in [0.5, 0.6) is 0 Å². The van der Waals surface area contributed by atoms with Gasteiger partial charge in [0.25, 0.3) is 8.32 Å². The van der Waals surface area contributed by atoms with E-state index in [1.807, 2.05) is 6.26 Å². The highest BCUT2D eigenvalue weighted by molar-refractivity contribution is 7.98. The van der Waals surface area contributed by atoms with Crippen molar-refractivity contribution in [2.75, 3.05) is 11.6 Å². The van der Waals surface area contributed by atoms with Crippen LogP contribution >= 0.6 is 11.8 Å². The highest BCUT2D eigenvalue weighted by atomic mass is 32.2. The molecule has 1 saturated carbocycles. The molecule has 2 aromatic carbocycles. The normalized spacial score (nSPS) is 18.3. The van der Waals surface area contributed by atoms with E-state index in [1.165, 1.54) is 22.1 Å². The molecule has 1 N–H and O–H groups in total. The number of aromatic nitrogens is 2. The third-order valence-corrected chi connectivity index (χ3v) is 12.2. The van der Waals surface area contributed by atoms with Crippen molar-refractivity contribution in [3.8, 4) is 0 Å². The summed E-state index contributed by atoms with van der Waals surface area (Å²) in [4.78, 5) is 20.9. The number of anilines is 1. The lowest BCUT2D eigenvalue weighted by molar-refractivity contribution is 0.0971. The van der Waals surface area contributed by atoms with E-state index in [1.54, 1.807) is 13.1 Å². The number of thioether (sulfide) groups is 1. The van der Waals surface area contributed by atoms with Gasteiger partial charge in [0.1, 0.15) is 5.82 Å². The second-order valence-corrected chi connectivity index (χ2v) is 14.9. The van der Waals surface area contributed by atoms with Crippen LogP contribution < -0.4 is 15.7 Å². The molecule has 0 aliphatic heterocycles. The number of Topliss-reactive ketones (excluding diaryl/α,β-unsaturated/α-hetero) is 1. The summed E-state index contributed by atoms with van der Waals surface area (Å²) < 4.78 is 7.20. The molecule has 34 heavy (non-hydrogen) atoms. The quantitative estimate of drug-likeness (QED) is 0.209. The molecule has 0 spiro atoms. The summed E-state index contributed by atoms with van der Waals surface area (Å²) in [5.41, 5.74) is 0.536. The van der Waals surface area contributed by atoms with Crippen LogP contribution in [0.1, 0.15) is 50.9 Å². The summed E-state index contributed by atoms with van der Waals surface area (Å²) in [6, 6.07) is 21.7. The van der Waals surface area contributed by atoms with E-state index in [0.717, 1.165) is 12.8 Å². The maximum atomic E-state index is 12.1. The average molecular weight is 492 g/mol. The molecular formula is C27H33N3O2SSi. The maximum absolute atomic E-state index is 12.1. The van der Waals surface area contributed by atoms with E-state index in [2.05, 4.69) is 96.7 Å². The Morgan fingerprint density at radius 1 is 1.03 bits per heavy atom. The van der Waals surface area contributed by atoms with Crippen LogP contribution in [0.2, 0.25) is 5.04 Å². The van der Waals surface area contributed by atoms with E-state index in [4.69, 9.17) is 4.43 Å². The molecule has 1 fully saturated rings. The predicted octanol–water partition coefficient (Wildman–Crippen LogP) is 4.92. The first-order chi connectivity index (χ1) is 16.2. The average Bonchev–Trinajstić information content (AvgIpc) is 2.80. The van der Waals surface area contributed by atoms with Crippen LogP contribution in [-0.2, 0) is 4.43 Å². The van der Waals surface area contributed by atoms with E-state index < -0.39 is 8.32 Å². The van der Waals surface area contributed by atoms with Crippen molar-refractivity contribution in [3.63, 3.8) is 0 Å². The number of rotatable bonds is 8. The summed E-state index contributed by atoms with van der Waals surface area (Å²) in [7, 11) is -2.56. The van der Waals surface area contributed by atoms with E-state index in [0.29, 0.717) is 16.5 Å². The molecular weight excluding hydrogens is 458 g/mol. The van der Waals surface area contributed by atoms with E-state index >= 15 is 0 Å². The zero-order chi connectivity index (χ0) is 24.3. The third-order valence-electron chi connectivity index (χ3n) is 6.52. The van der Waals surface area contributed by atoms with Gasteiger partial charge in [-0.3, -0.25) is 4.79 Å². The van der Waals surface area contributed by atoms with Gasteiger partial charge in [0, 0.05) is 18.3 Å². The summed E-state index contributed by atoms with van der Waals surface area (Å²) in [5, 5.41) is 6.69. The first kappa shape index (κ1) is 24.6. The molecule has 0 radical (unpaired) electrons. The zero-order valence-electron chi connectivity index (χ0n) is 20.5. The minimum absolute atomic E-state index is 0.0328. The van der Waals surface area contributed by atoms with Crippen molar-refractivity contribution >= 4 is 42.1 Å². The van der Waals surface area contributed by atoms with Crippen LogP contribution in [0.15, 0.2) is 72.0 Å². The van der Waals surface area contributed by atoms with Crippen LogP contribution in [-0.4, -0.2) is 42.5 Å². The van der Waals surface area contributed by atoms with Gasteiger partial charge >= 0.3 is 0 Å². The number of ketones is 1.